The zero-order chi connectivity index (χ0) is 43.8. The third kappa shape index (κ3) is 12.9. The molecule has 3 aliphatic rings. The number of esters is 2. The smallest absolute Gasteiger partial charge is 0.410 e. The molecule has 1 aromatic carbocycles. The maximum absolute atomic E-state index is 13.9. The Kier molecular flexibility index (Phi) is 15.5. The van der Waals surface area contributed by atoms with Crippen LogP contribution in [0, 0.1) is 5.92 Å². The van der Waals surface area contributed by atoms with Gasteiger partial charge in [-0.3, -0.25) is 24.1 Å². The van der Waals surface area contributed by atoms with Crippen molar-refractivity contribution in [1.82, 2.24) is 25.3 Å². The summed E-state index contributed by atoms with van der Waals surface area (Å²) in [6.45, 7) is 15.0. The molecule has 3 saturated heterocycles. The van der Waals surface area contributed by atoms with Crippen molar-refractivity contribution in [3.8, 4) is 0 Å². The standard InChI is InChI=1S/C42H61N5O12/c1-25-22-31(37(52)57-27(3)33(44-39(54)58-41(4,5)6)38(53)56-24-32(48)28-16-11-10-12-17-28)47(23-25)35(50)26(2)43-34(49)29-18-13-14-20-45(29)36(51)30-19-15-21-46(30)40(55)59-42(7,8)9/h10-12,16-17,25-27,29-31,33H,13-15,18-24H2,1-9H3,(H,43,49)(H,44,54)/t25-,26-,27-,29-,30-,31-,33-/m0/s1. The minimum absolute atomic E-state index is 0.134. The van der Waals surface area contributed by atoms with Crippen LogP contribution >= 0.6 is 0 Å². The summed E-state index contributed by atoms with van der Waals surface area (Å²) in [5.41, 5.74) is -1.37. The molecule has 0 spiro atoms. The van der Waals surface area contributed by atoms with Gasteiger partial charge in [0.25, 0.3) is 0 Å². The van der Waals surface area contributed by atoms with E-state index in [1.54, 1.807) is 71.9 Å². The predicted molar refractivity (Wildman–Crippen MR) is 213 cm³/mol. The maximum atomic E-state index is 13.9. The molecule has 1 aromatic rings. The van der Waals surface area contributed by atoms with Crippen LogP contribution in [0.25, 0.3) is 0 Å². The number of hydrogen-bond acceptors (Lipinski definition) is 12. The highest BCUT2D eigenvalue weighted by molar-refractivity contribution is 5.98. The lowest BCUT2D eigenvalue weighted by Gasteiger charge is -2.38. The molecule has 5 amide bonds. The number of carbonyl (C=O) groups is 8. The molecule has 59 heavy (non-hydrogen) atoms. The number of rotatable bonds is 12. The number of likely N-dealkylation sites (tertiary alicyclic amines) is 3. The van der Waals surface area contributed by atoms with Gasteiger partial charge in [-0.1, -0.05) is 37.3 Å². The van der Waals surface area contributed by atoms with Crippen LogP contribution in [0.3, 0.4) is 0 Å². The lowest BCUT2D eigenvalue weighted by molar-refractivity contribution is -0.163. The zero-order valence-electron chi connectivity index (χ0n) is 35.7. The van der Waals surface area contributed by atoms with Crippen molar-refractivity contribution in [2.75, 3.05) is 26.2 Å². The Morgan fingerprint density at radius 3 is 2.03 bits per heavy atom. The van der Waals surface area contributed by atoms with Gasteiger partial charge in [-0.05, 0) is 99.8 Å². The minimum Gasteiger partial charge on any atom is -0.458 e. The van der Waals surface area contributed by atoms with Gasteiger partial charge in [0, 0.05) is 25.2 Å². The molecule has 0 saturated carbocycles. The SMILES string of the molecule is C[C@H]1C[C@@H](C(=O)O[C@@H](C)[C@H](NC(=O)OC(C)(C)C)C(=O)OCC(=O)c2ccccc2)N(C(=O)[C@H](C)NC(=O)[C@@H]2CCCCN2C(=O)[C@@H]2CCCN2C(=O)OC(C)(C)C)C1. The fourth-order valence-corrected chi connectivity index (χ4v) is 7.42. The number of benzene rings is 1. The summed E-state index contributed by atoms with van der Waals surface area (Å²) < 4.78 is 21.8. The van der Waals surface area contributed by atoms with Crippen LogP contribution in [-0.2, 0) is 42.9 Å². The van der Waals surface area contributed by atoms with Gasteiger partial charge in [-0.15, -0.1) is 0 Å². The summed E-state index contributed by atoms with van der Waals surface area (Å²) in [6.07, 6.45) is 0.0886. The van der Waals surface area contributed by atoms with Crippen molar-refractivity contribution in [3.63, 3.8) is 0 Å². The van der Waals surface area contributed by atoms with Crippen LogP contribution in [0.1, 0.15) is 111 Å². The van der Waals surface area contributed by atoms with Crippen molar-refractivity contribution in [2.24, 2.45) is 5.92 Å². The molecule has 17 heteroatoms. The Balaban J connectivity index is 1.42. The largest absolute Gasteiger partial charge is 0.458 e. The van der Waals surface area contributed by atoms with Crippen LogP contribution in [0.4, 0.5) is 9.59 Å². The van der Waals surface area contributed by atoms with E-state index < -0.39 is 95.8 Å². The van der Waals surface area contributed by atoms with Gasteiger partial charge in [0.15, 0.2) is 18.4 Å². The number of hydrogen-bond donors (Lipinski definition) is 2. The second-order valence-electron chi connectivity index (χ2n) is 17.6. The van der Waals surface area contributed by atoms with Crippen molar-refractivity contribution >= 4 is 47.6 Å². The van der Waals surface area contributed by atoms with E-state index in [2.05, 4.69) is 10.6 Å². The first kappa shape index (κ1) is 46.5. The molecule has 0 unspecified atom stereocenters. The Bertz CT molecular complexity index is 1720. The van der Waals surface area contributed by atoms with Gasteiger partial charge in [-0.2, -0.15) is 0 Å². The molecule has 0 radical (unpaired) electrons. The Morgan fingerprint density at radius 2 is 1.39 bits per heavy atom. The molecule has 2 N–H and O–H groups in total. The van der Waals surface area contributed by atoms with E-state index in [9.17, 15) is 38.4 Å². The summed E-state index contributed by atoms with van der Waals surface area (Å²) in [7, 11) is 0. The predicted octanol–water partition coefficient (Wildman–Crippen LogP) is 3.76. The van der Waals surface area contributed by atoms with E-state index in [0.717, 1.165) is 0 Å². The van der Waals surface area contributed by atoms with E-state index >= 15 is 0 Å². The van der Waals surface area contributed by atoms with Gasteiger partial charge < -0.3 is 39.4 Å². The molecule has 0 bridgehead atoms. The molecule has 4 rings (SSSR count). The molecular weight excluding hydrogens is 766 g/mol. The van der Waals surface area contributed by atoms with E-state index in [-0.39, 0.29) is 24.8 Å². The summed E-state index contributed by atoms with van der Waals surface area (Å²) in [6, 6.07) is 2.75. The van der Waals surface area contributed by atoms with Crippen molar-refractivity contribution < 1.29 is 57.3 Å². The molecule has 0 aliphatic carbocycles. The van der Waals surface area contributed by atoms with Crippen LogP contribution in [0.2, 0.25) is 0 Å². The number of ketones is 1. The van der Waals surface area contributed by atoms with Gasteiger partial charge in [0.05, 0.1) is 0 Å². The highest BCUT2D eigenvalue weighted by Gasteiger charge is 2.45. The fraction of sp³-hybridized carbons (Fsp3) is 0.667. The van der Waals surface area contributed by atoms with Gasteiger partial charge in [0.2, 0.25) is 17.7 Å². The first-order chi connectivity index (χ1) is 27.6. The Hall–Kier alpha value is -5.22. The second-order valence-corrected chi connectivity index (χ2v) is 17.6. The maximum Gasteiger partial charge on any atom is 0.410 e. The first-order valence-electron chi connectivity index (χ1n) is 20.4. The number of carbonyl (C=O) groups excluding carboxylic acids is 8. The second kappa shape index (κ2) is 19.7. The average Bonchev–Trinajstić information content (AvgIpc) is 3.81. The lowest BCUT2D eigenvalue weighted by atomic mass is 9.99. The highest BCUT2D eigenvalue weighted by Crippen LogP contribution is 2.28. The highest BCUT2D eigenvalue weighted by atomic mass is 16.6. The van der Waals surface area contributed by atoms with Gasteiger partial charge in [-0.25, -0.2) is 19.2 Å². The topological polar surface area (TPSA) is 207 Å². The zero-order valence-corrected chi connectivity index (χ0v) is 35.7. The molecule has 17 nitrogen and oxygen atoms in total. The number of piperidine rings is 1. The van der Waals surface area contributed by atoms with Gasteiger partial charge >= 0.3 is 24.1 Å². The summed E-state index contributed by atoms with van der Waals surface area (Å²) in [4.78, 5) is 111. The minimum atomic E-state index is -1.58. The van der Waals surface area contributed by atoms with Crippen molar-refractivity contribution in [1.29, 1.82) is 0 Å². The van der Waals surface area contributed by atoms with E-state index in [1.807, 2.05) is 6.92 Å². The van der Waals surface area contributed by atoms with Crippen LogP contribution < -0.4 is 10.6 Å². The Labute approximate surface area is 346 Å². The van der Waals surface area contributed by atoms with Crippen molar-refractivity contribution in [3.05, 3.63) is 35.9 Å². The number of amides is 5. The molecule has 0 aromatic heterocycles. The van der Waals surface area contributed by atoms with E-state index in [1.165, 1.54) is 28.5 Å². The van der Waals surface area contributed by atoms with Crippen LogP contribution in [0.5, 0.6) is 0 Å². The number of nitrogens with one attached hydrogen (secondary N) is 2. The Morgan fingerprint density at radius 1 is 0.763 bits per heavy atom. The molecular formula is C42H61N5O12. The van der Waals surface area contributed by atoms with Crippen LogP contribution in [0.15, 0.2) is 30.3 Å². The summed E-state index contributed by atoms with van der Waals surface area (Å²) in [5.74, 6) is -3.95. The molecule has 3 heterocycles. The number of alkyl carbamates (subject to hydrolysis) is 1. The third-order valence-corrected chi connectivity index (χ3v) is 10.2. The van der Waals surface area contributed by atoms with Crippen LogP contribution in [-0.4, -0.2) is 136 Å². The average molecular weight is 828 g/mol. The monoisotopic (exact) mass is 827 g/mol. The van der Waals surface area contributed by atoms with E-state index in [0.29, 0.717) is 50.8 Å². The number of ether oxygens (including phenoxy) is 4. The third-order valence-electron chi connectivity index (χ3n) is 10.2. The lowest BCUT2D eigenvalue weighted by Crippen LogP contribution is -2.59. The molecule has 326 valence electrons. The summed E-state index contributed by atoms with van der Waals surface area (Å²) >= 11 is 0. The summed E-state index contributed by atoms with van der Waals surface area (Å²) in [5, 5.41) is 5.14. The molecule has 7 atom stereocenters. The van der Waals surface area contributed by atoms with Gasteiger partial charge in [0.1, 0.15) is 41.5 Å². The molecule has 3 aliphatic heterocycles. The normalized spacial score (nSPS) is 22.4. The van der Waals surface area contributed by atoms with E-state index in [4.69, 9.17) is 18.9 Å². The number of Topliss-reactive ketones (excluding diaryl/α,β-unsaturated/α-hetero) is 1. The molecule has 3 fully saturated rings. The fourth-order valence-electron chi connectivity index (χ4n) is 7.42. The first-order valence-corrected chi connectivity index (χ1v) is 20.4. The van der Waals surface area contributed by atoms with Crippen molar-refractivity contribution in [2.45, 2.75) is 148 Å². The quantitative estimate of drug-likeness (QED) is 0.176. The number of nitrogens with zero attached hydrogens (tertiary/aromatic N) is 3.